The molecule has 2 fully saturated rings. The SMILES string of the molecule is CCC(C)CCC(F)(F)Oc1cc(C#CC2CC2)ccc1/C(=C/N(C)CC1CCCCO1)N(C)C. The average Bonchev–Trinajstić information content (AvgIpc) is 3.65. The van der Waals surface area contributed by atoms with Crippen LogP contribution in [0.2, 0.25) is 0 Å². The molecule has 0 amide bonds. The molecule has 194 valence electrons. The maximum atomic E-state index is 15.0. The zero-order chi connectivity index (χ0) is 25.4. The fourth-order valence-electron chi connectivity index (χ4n) is 4.10. The molecule has 1 saturated heterocycles. The maximum absolute atomic E-state index is 15.0. The van der Waals surface area contributed by atoms with Crippen LogP contribution < -0.4 is 4.74 Å². The molecule has 1 heterocycles. The van der Waals surface area contributed by atoms with Gasteiger partial charge in [0, 0.05) is 57.5 Å². The lowest BCUT2D eigenvalue weighted by atomic mass is 10.0. The lowest BCUT2D eigenvalue weighted by Crippen LogP contribution is -2.31. The molecule has 0 aromatic heterocycles. The van der Waals surface area contributed by atoms with Gasteiger partial charge in [0.1, 0.15) is 5.75 Å². The topological polar surface area (TPSA) is 24.9 Å². The molecular weight excluding hydrogens is 446 g/mol. The van der Waals surface area contributed by atoms with Gasteiger partial charge in [-0.1, -0.05) is 32.1 Å². The normalized spacial score (nSPS) is 19.5. The Morgan fingerprint density at radius 3 is 2.63 bits per heavy atom. The van der Waals surface area contributed by atoms with E-state index in [1.54, 1.807) is 6.07 Å². The largest absolute Gasteiger partial charge is 0.432 e. The van der Waals surface area contributed by atoms with Gasteiger partial charge in [-0.2, -0.15) is 8.78 Å². The third-order valence-electron chi connectivity index (χ3n) is 6.73. The number of hydrogen-bond donors (Lipinski definition) is 0. The van der Waals surface area contributed by atoms with Gasteiger partial charge in [0.25, 0.3) is 0 Å². The minimum absolute atomic E-state index is 0.170. The van der Waals surface area contributed by atoms with Crippen LogP contribution in [0, 0.1) is 23.7 Å². The van der Waals surface area contributed by atoms with E-state index in [0.717, 1.165) is 51.0 Å². The zero-order valence-electron chi connectivity index (χ0n) is 22.1. The first-order chi connectivity index (χ1) is 16.7. The van der Waals surface area contributed by atoms with Crippen molar-refractivity contribution in [2.75, 3.05) is 34.3 Å². The molecule has 1 aromatic rings. The van der Waals surface area contributed by atoms with Gasteiger partial charge >= 0.3 is 6.11 Å². The number of ether oxygens (including phenoxy) is 2. The van der Waals surface area contributed by atoms with Gasteiger partial charge in [-0.3, -0.25) is 0 Å². The van der Waals surface area contributed by atoms with Crippen molar-refractivity contribution in [1.82, 2.24) is 9.80 Å². The first kappa shape index (κ1) is 27.3. The van der Waals surface area contributed by atoms with E-state index in [-0.39, 0.29) is 24.2 Å². The molecule has 4 nitrogen and oxygen atoms in total. The Morgan fingerprint density at radius 2 is 2.00 bits per heavy atom. The molecule has 0 radical (unpaired) electrons. The fraction of sp³-hybridized carbons (Fsp3) is 0.655. The van der Waals surface area contributed by atoms with Crippen molar-refractivity contribution in [3.63, 3.8) is 0 Å². The van der Waals surface area contributed by atoms with Crippen molar-refractivity contribution in [2.24, 2.45) is 11.8 Å². The number of likely N-dealkylation sites (N-methyl/N-ethyl adjacent to an activating group) is 1. The first-order valence-electron chi connectivity index (χ1n) is 13.1. The molecule has 1 aliphatic heterocycles. The highest BCUT2D eigenvalue weighted by Crippen LogP contribution is 2.35. The molecule has 6 heteroatoms. The Balaban J connectivity index is 1.88. The van der Waals surface area contributed by atoms with E-state index in [4.69, 9.17) is 9.47 Å². The van der Waals surface area contributed by atoms with Crippen LogP contribution in [0.15, 0.2) is 24.4 Å². The van der Waals surface area contributed by atoms with Crippen molar-refractivity contribution in [3.05, 3.63) is 35.5 Å². The summed E-state index contributed by atoms with van der Waals surface area (Å²) in [5.41, 5.74) is 2.14. The third-order valence-corrected chi connectivity index (χ3v) is 6.73. The lowest BCUT2D eigenvalue weighted by molar-refractivity contribution is -0.183. The van der Waals surface area contributed by atoms with E-state index in [1.807, 2.05) is 58.2 Å². The molecular formula is C29H42F2N2O2. The number of alkyl halides is 2. The second-order valence-corrected chi connectivity index (χ2v) is 10.4. The standard InChI is InChI=1S/C29H42F2N2O2/c1-6-22(2)16-17-29(30,31)35-28-19-24(13-12-23-10-11-23)14-15-26(28)27(32(3)4)21-33(5)20-25-9-7-8-18-34-25/h14-15,19,21-23,25H,6-11,16-18,20H2,1-5H3/b27-21-. The molecule has 2 aliphatic rings. The second kappa shape index (κ2) is 12.6. The summed E-state index contributed by atoms with van der Waals surface area (Å²) in [5.74, 6) is 7.20. The quantitative estimate of drug-likeness (QED) is 0.327. The van der Waals surface area contributed by atoms with E-state index < -0.39 is 6.11 Å². The average molecular weight is 489 g/mol. The number of rotatable bonds is 11. The Bertz CT molecular complexity index is 909. The molecule has 1 aliphatic carbocycles. The van der Waals surface area contributed by atoms with Crippen molar-refractivity contribution in [1.29, 1.82) is 0 Å². The molecule has 0 spiro atoms. The van der Waals surface area contributed by atoms with Crippen molar-refractivity contribution in [2.45, 2.75) is 77.4 Å². The minimum Gasteiger partial charge on any atom is -0.432 e. The summed E-state index contributed by atoms with van der Waals surface area (Å²) in [6.07, 6.45) is 5.48. The molecule has 1 aromatic carbocycles. The monoisotopic (exact) mass is 488 g/mol. The molecule has 35 heavy (non-hydrogen) atoms. The molecule has 0 N–H and O–H groups in total. The van der Waals surface area contributed by atoms with Crippen LogP contribution in [0.25, 0.3) is 5.70 Å². The van der Waals surface area contributed by atoms with Gasteiger partial charge in [0.05, 0.1) is 18.2 Å². The maximum Gasteiger partial charge on any atom is 0.397 e. The lowest BCUT2D eigenvalue weighted by Gasteiger charge is -2.29. The number of nitrogens with zero attached hydrogens (tertiary/aromatic N) is 2. The molecule has 1 saturated carbocycles. The van der Waals surface area contributed by atoms with Crippen LogP contribution in [-0.2, 0) is 4.74 Å². The highest BCUT2D eigenvalue weighted by molar-refractivity contribution is 5.70. The van der Waals surface area contributed by atoms with Gasteiger partial charge in [-0.05, 0) is 62.6 Å². The van der Waals surface area contributed by atoms with Crippen LogP contribution in [0.5, 0.6) is 5.75 Å². The summed E-state index contributed by atoms with van der Waals surface area (Å²) in [6, 6.07) is 5.42. The highest BCUT2D eigenvalue weighted by Gasteiger charge is 2.33. The molecule has 3 rings (SSSR count). The van der Waals surface area contributed by atoms with Crippen LogP contribution in [0.3, 0.4) is 0 Å². The summed E-state index contributed by atoms with van der Waals surface area (Å²) >= 11 is 0. The van der Waals surface area contributed by atoms with Crippen LogP contribution >= 0.6 is 0 Å². The van der Waals surface area contributed by atoms with Gasteiger partial charge in [-0.25, -0.2) is 0 Å². The van der Waals surface area contributed by atoms with Gasteiger partial charge in [0.2, 0.25) is 0 Å². The third kappa shape index (κ3) is 9.04. The predicted octanol–water partition coefficient (Wildman–Crippen LogP) is 6.61. The van der Waals surface area contributed by atoms with E-state index in [0.29, 0.717) is 23.5 Å². The Labute approximate surface area is 210 Å². The number of hydrogen-bond acceptors (Lipinski definition) is 4. The summed E-state index contributed by atoms with van der Waals surface area (Å²) in [5, 5.41) is 0. The van der Waals surface area contributed by atoms with Crippen LogP contribution in [-0.4, -0.2) is 56.3 Å². The minimum atomic E-state index is -3.25. The van der Waals surface area contributed by atoms with Crippen molar-refractivity contribution in [3.8, 4) is 17.6 Å². The van der Waals surface area contributed by atoms with E-state index >= 15 is 0 Å². The summed E-state index contributed by atoms with van der Waals surface area (Å²) < 4.78 is 41.2. The van der Waals surface area contributed by atoms with E-state index in [2.05, 4.69) is 16.7 Å². The van der Waals surface area contributed by atoms with Gasteiger partial charge < -0.3 is 19.3 Å². The Kier molecular flexibility index (Phi) is 9.86. The van der Waals surface area contributed by atoms with E-state index in [9.17, 15) is 8.78 Å². The number of benzene rings is 1. The molecule has 2 unspecified atom stereocenters. The summed E-state index contributed by atoms with van der Waals surface area (Å²) in [6.45, 7) is 5.57. The second-order valence-electron chi connectivity index (χ2n) is 10.4. The number of halogens is 2. The first-order valence-corrected chi connectivity index (χ1v) is 13.1. The highest BCUT2D eigenvalue weighted by atomic mass is 19.3. The Hall–Kier alpha value is -2.26. The summed E-state index contributed by atoms with van der Waals surface area (Å²) in [4.78, 5) is 4.02. The zero-order valence-corrected chi connectivity index (χ0v) is 22.1. The predicted molar refractivity (Wildman–Crippen MR) is 138 cm³/mol. The Morgan fingerprint density at radius 1 is 1.23 bits per heavy atom. The van der Waals surface area contributed by atoms with Crippen molar-refractivity contribution < 1.29 is 18.3 Å². The molecule has 2 atom stereocenters. The van der Waals surface area contributed by atoms with Crippen LogP contribution in [0.4, 0.5) is 8.78 Å². The van der Waals surface area contributed by atoms with Crippen LogP contribution in [0.1, 0.15) is 76.3 Å². The summed E-state index contributed by atoms with van der Waals surface area (Å²) in [7, 11) is 5.84. The van der Waals surface area contributed by atoms with Gasteiger partial charge in [-0.15, -0.1) is 0 Å². The smallest absolute Gasteiger partial charge is 0.397 e. The van der Waals surface area contributed by atoms with E-state index in [1.165, 1.54) is 6.42 Å². The van der Waals surface area contributed by atoms with Gasteiger partial charge in [0.15, 0.2) is 0 Å². The van der Waals surface area contributed by atoms with Crippen molar-refractivity contribution >= 4 is 5.70 Å². The fourth-order valence-corrected chi connectivity index (χ4v) is 4.10. The molecule has 0 bridgehead atoms.